The highest BCUT2D eigenvalue weighted by Gasteiger charge is 2.35. The molecule has 7 nitrogen and oxygen atoms in total. The molecular weight excluding hydrogens is 621 g/mol. The van der Waals surface area contributed by atoms with Crippen LogP contribution in [0.25, 0.3) is 22.5 Å². The highest BCUT2D eigenvalue weighted by atomic mass is 32.1. The van der Waals surface area contributed by atoms with Gasteiger partial charge in [-0.25, -0.2) is 9.79 Å². The average molecular weight is 653 g/mol. The highest BCUT2D eigenvalue weighted by molar-refractivity contribution is 7.07. The van der Waals surface area contributed by atoms with E-state index in [0.717, 1.165) is 27.5 Å². The summed E-state index contributed by atoms with van der Waals surface area (Å²) in [5, 5.41) is 1.98. The summed E-state index contributed by atoms with van der Waals surface area (Å²) < 4.78 is 19.6. The molecule has 0 fully saturated rings. The van der Waals surface area contributed by atoms with Crippen LogP contribution in [0.5, 0.6) is 11.5 Å². The van der Waals surface area contributed by atoms with Crippen molar-refractivity contribution in [3.63, 3.8) is 0 Å². The highest BCUT2D eigenvalue weighted by Crippen LogP contribution is 2.36. The summed E-state index contributed by atoms with van der Waals surface area (Å²) in [6.07, 6.45) is 1.88. The van der Waals surface area contributed by atoms with Gasteiger partial charge in [-0.15, -0.1) is 0 Å². The maximum absolute atomic E-state index is 14.6. The lowest BCUT2D eigenvalue weighted by Crippen LogP contribution is -2.40. The number of esters is 1. The van der Waals surface area contributed by atoms with Crippen LogP contribution in [-0.2, 0) is 16.1 Å². The third-order valence-electron chi connectivity index (χ3n) is 8.23. The van der Waals surface area contributed by atoms with Crippen LogP contribution in [0.2, 0.25) is 0 Å². The van der Waals surface area contributed by atoms with Gasteiger partial charge in [-0.2, -0.15) is 0 Å². The van der Waals surface area contributed by atoms with Crippen LogP contribution < -0.4 is 24.4 Å². The summed E-state index contributed by atoms with van der Waals surface area (Å²) in [5.74, 6) is 0.727. The van der Waals surface area contributed by atoms with Crippen molar-refractivity contribution in [2.75, 3.05) is 13.7 Å². The molecule has 0 saturated carbocycles. The third-order valence-corrected chi connectivity index (χ3v) is 9.21. The normalized spacial score (nSPS) is 14.4. The molecule has 1 aliphatic rings. The van der Waals surface area contributed by atoms with Crippen LogP contribution in [0.4, 0.5) is 0 Å². The molecule has 1 aromatic heterocycles. The molecule has 7 rings (SSSR count). The Labute approximate surface area is 281 Å². The smallest absolute Gasteiger partial charge is 0.338 e. The number of hydrogen-bond donors (Lipinski definition) is 0. The van der Waals surface area contributed by atoms with Crippen LogP contribution in [-0.4, -0.2) is 24.3 Å². The van der Waals surface area contributed by atoms with Crippen molar-refractivity contribution in [3.05, 3.63) is 169 Å². The van der Waals surface area contributed by atoms with Gasteiger partial charge in [-0.05, 0) is 53.1 Å². The lowest BCUT2D eigenvalue weighted by molar-refractivity contribution is -0.138. The van der Waals surface area contributed by atoms with Crippen molar-refractivity contribution in [1.29, 1.82) is 0 Å². The molecule has 0 saturated heterocycles. The second-order valence-corrected chi connectivity index (χ2v) is 12.2. The Hall–Kier alpha value is -5.73. The van der Waals surface area contributed by atoms with E-state index in [1.165, 1.54) is 11.3 Å². The molecule has 1 atom stereocenters. The number of carbonyl (C=O) groups is 1. The average Bonchev–Trinajstić information content (AvgIpc) is 3.45. The Balaban J connectivity index is 1.47. The van der Waals surface area contributed by atoms with E-state index in [1.54, 1.807) is 18.6 Å². The largest absolute Gasteiger partial charge is 0.497 e. The molecule has 6 aromatic rings. The number of fused-ring (bicyclic) bond motifs is 2. The molecule has 0 unspecified atom stereocenters. The lowest BCUT2D eigenvalue weighted by Gasteiger charge is -2.26. The Kier molecular flexibility index (Phi) is 8.72. The van der Waals surface area contributed by atoms with Crippen molar-refractivity contribution >= 4 is 39.9 Å². The Bertz CT molecular complexity index is 2340. The predicted molar refractivity (Wildman–Crippen MR) is 189 cm³/mol. The number of rotatable bonds is 9. The molecule has 0 bridgehead atoms. The standard InChI is InChI=1S/C40H32N2O5S/c1-3-46-39(44)35-36(28-16-8-5-9-17-28)41-40-42(37(35)29-18-12-19-30(23-29)45-2)38(43)34(48-40)24-32-31-20-11-10-15-27(31)21-22-33(32)47-25-26-13-6-4-7-14-26/h4-24,37H,3,25H2,1-2H3/b34-24-/t37-/m0/s1. The van der Waals surface area contributed by atoms with Gasteiger partial charge in [0, 0.05) is 11.1 Å². The second-order valence-electron chi connectivity index (χ2n) is 11.2. The second kappa shape index (κ2) is 13.6. The van der Waals surface area contributed by atoms with Crippen molar-refractivity contribution in [2.45, 2.75) is 19.6 Å². The summed E-state index contributed by atoms with van der Waals surface area (Å²) in [5.41, 5.74) is 3.75. The number of thiazole rings is 1. The van der Waals surface area contributed by atoms with Gasteiger partial charge in [-0.1, -0.05) is 114 Å². The van der Waals surface area contributed by atoms with E-state index in [-0.39, 0.29) is 17.7 Å². The Morgan fingerprint density at radius 1 is 0.896 bits per heavy atom. The van der Waals surface area contributed by atoms with Crippen LogP contribution in [0, 0.1) is 0 Å². The SMILES string of the molecule is CCOC(=O)C1=C(c2ccccc2)N=c2s/c(=C\c3c(OCc4ccccc4)ccc4ccccc34)c(=O)n2[C@H]1c1cccc(OC)c1. The van der Waals surface area contributed by atoms with Gasteiger partial charge in [0.2, 0.25) is 0 Å². The lowest BCUT2D eigenvalue weighted by atomic mass is 9.93. The van der Waals surface area contributed by atoms with Gasteiger partial charge < -0.3 is 14.2 Å². The van der Waals surface area contributed by atoms with E-state index in [9.17, 15) is 9.59 Å². The van der Waals surface area contributed by atoms with E-state index >= 15 is 0 Å². The molecule has 5 aromatic carbocycles. The topological polar surface area (TPSA) is 79.1 Å². The van der Waals surface area contributed by atoms with Crippen molar-refractivity contribution in [1.82, 2.24) is 4.57 Å². The number of methoxy groups -OCH3 is 1. The molecule has 0 radical (unpaired) electrons. The quantitative estimate of drug-likeness (QED) is 0.163. The van der Waals surface area contributed by atoms with Gasteiger partial charge in [0.15, 0.2) is 4.80 Å². The van der Waals surface area contributed by atoms with Gasteiger partial charge >= 0.3 is 5.97 Å². The fourth-order valence-electron chi connectivity index (χ4n) is 5.98. The van der Waals surface area contributed by atoms with E-state index in [2.05, 4.69) is 0 Å². The number of nitrogens with zero attached hydrogens (tertiary/aromatic N) is 2. The minimum atomic E-state index is -0.811. The molecular formula is C40H32N2O5S. The summed E-state index contributed by atoms with van der Waals surface area (Å²) in [6.45, 7) is 2.31. The van der Waals surface area contributed by atoms with Gasteiger partial charge in [0.1, 0.15) is 18.1 Å². The zero-order chi connectivity index (χ0) is 33.0. The number of hydrogen-bond acceptors (Lipinski definition) is 7. The number of ether oxygens (including phenoxy) is 3. The predicted octanol–water partition coefficient (Wildman–Crippen LogP) is 6.68. The van der Waals surface area contributed by atoms with E-state index in [0.29, 0.717) is 38.7 Å². The fraction of sp³-hybridized carbons (Fsp3) is 0.125. The number of carbonyl (C=O) groups excluding carboxylic acids is 1. The monoisotopic (exact) mass is 652 g/mol. The first-order valence-electron chi connectivity index (χ1n) is 15.7. The molecule has 1 aliphatic heterocycles. The number of aromatic nitrogens is 1. The first kappa shape index (κ1) is 30.9. The Morgan fingerprint density at radius 3 is 2.42 bits per heavy atom. The molecule has 238 valence electrons. The minimum absolute atomic E-state index is 0.173. The first-order chi connectivity index (χ1) is 23.6. The van der Waals surface area contributed by atoms with E-state index in [4.69, 9.17) is 19.2 Å². The molecule has 0 spiro atoms. The minimum Gasteiger partial charge on any atom is -0.497 e. The number of benzene rings is 5. The molecule has 0 N–H and O–H groups in total. The molecule has 48 heavy (non-hydrogen) atoms. The van der Waals surface area contributed by atoms with Gasteiger partial charge in [0.25, 0.3) is 5.56 Å². The third kappa shape index (κ3) is 5.94. The van der Waals surface area contributed by atoms with Crippen LogP contribution in [0.15, 0.2) is 137 Å². The van der Waals surface area contributed by atoms with Crippen LogP contribution >= 0.6 is 11.3 Å². The summed E-state index contributed by atoms with van der Waals surface area (Å²) in [4.78, 5) is 33.8. The molecule has 0 aliphatic carbocycles. The first-order valence-corrected chi connectivity index (χ1v) is 16.5. The van der Waals surface area contributed by atoms with Gasteiger partial charge in [-0.3, -0.25) is 9.36 Å². The van der Waals surface area contributed by atoms with Crippen LogP contribution in [0.1, 0.15) is 35.2 Å². The summed E-state index contributed by atoms with van der Waals surface area (Å²) in [6, 6.07) is 38.1. The van der Waals surface area contributed by atoms with E-state index in [1.807, 2.05) is 127 Å². The van der Waals surface area contributed by atoms with Crippen molar-refractivity contribution < 1.29 is 19.0 Å². The van der Waals surface area contributed by atoms with Crippen molar-refractivity contribution in [3.8, 4) is 11.5 Å². The Morgan fingerprint density at radius 2 is 1.65 bits per heavy atom. The molecule has 8 heteroatoms. The molecule has 2 heterocycles. The van der Waals surface area contributed by atoms with Crippen molar-refractivity contribution in [2.24, 2.45) is 4.99 Å². The van der Waals surface area contributed by atoms with E-state index < -0.39 is 12.0 Å². The maximum Gasteiger partial charge on any atom is 0.338 e. The molecule has 0 amide bonds. The fourth-order valence-corrected chi connectivity index (χ4v) is 6.97. The summed E-state index contributed by atoms with van der Waals surface area (Å²) in [7, 11) is 1.59. The van der Waals surface area contributed by atoms with Gasteiger partial charge in [0.05, 0.1) is 35.6 Å². The zero-order valence-corrected chi connectivity index (χ0v) is 27.3. The maximum atomic E-state index is 14.6. The summed E-state index contributed by atoms with van der Waals surface area (Å²) >= 11 is 1.28. The van der Waals surface area contributed by atoms with Crippen LogP contribution in [0.3, 0.4) is 0 Å². The zero-order valence-electron chi connectivity index (χ0n) is 26.5.